The summed E-state index contributed by atoms with van der Waals surface area (Å²) in [5.74, 6) is 0.929. The van der Waals surface area contributed by atoms with Crippen LogP contribution in [0.1, 0.15) is 24.8 Å². The minimum Gasteiger partial charge on any atom is -0.497 e. The van der Waals surface area contributed by atoms with E-state index in [1.54, 1.807) is 7.11 Å². The molecule has 1 aliphatic carbocycles. The van der Waals surface area contributed by atoms with Crippen LogP contribution < -0.4 is 10.5 Å². The summed E-state index contributed by atoms with van der Waals surface area (Å²) in [6.07, 6.45) is 3.90. The van der Waals surface area contributed by atoms with Gasteiger partial charge in [-0.15, -0.1) is 0 Å². The highest BCUT2D eigenvalue weighted by atomic mass is 16.5. The molecule has 3 nitrogen and oxygen atoms in total. The zero-order valence-electron chi connectivity index (χ0n) is 11.5. The molecule has 0 radical (unpaired) electrons. The summed E-state index contributed by atoms with van der Waals surface area (Å²) in [5.41, 5.74) is 7.59. The molecule has 0 bridgehead atoms. The molecule has 0 saturated heterocycles. The van der Waals surface area contributed by atoms with Gasteiger partial charge in [-0.3, -0.25) is 0 Å². The smallest absolute Gasteiger partial charge is 0.119 e. The molecular weight excluding hydrogens is 224 g/mol. The largest absolute Gasteiger partial charge is 0.497 e. The van der Waals surface area contributed by atoms with E-state index in [1.165, 1.54) is 24.8 Å². The van der Waals surface area contributed by atoms with Gasteiger partial charge in [-0.2, -0.15) is 0 Å². The minimum absolute atomic E-state index is 0.383. The van der Waals surface area contributed by atoms with Crippen LogP contribution in [-0.2, 0) is 6.54 Å². The van der Waals surface area contributed by atoms with Gasteiger partial charge >= 0.3 is 0 Å². The lowest BCUT2D eigenvalue weighted by Crippen LogP contribution is -2.45. The van der Waals surface area contributed by atoms with E-state index >= 15 is 0 Å². The SMILES string of the molecule is COc1cccc(CN(C)CC2(CN)CCC2)c1. The third-order valence-electron chi connectivity index (χ3n) is 4.04. The average molecular weight is 248 g/mol. The van der Waals surface area contributed by atoms with Gasteiger partial charge in [-0.05, 0) is 49.5 Å². The summed E-state index contributed by atoms with van der Waals surface area (Å²) in [6.45, 7) is 2.87. The standard InChI is InChI=1S/C15H24N2O/c1-17(12-15(11-16)7-4-8-15)10-13-5-3-6-14(9-13)18-2/h3,5-6,9H,4,7-8,10-12,16H2,1-2H3. The Bertz CT molecular complexity index is 382. The molecule has 1 aliphatic rings. The first-order valence-electron chi connectivity index (χ1n) is 6.69. The van der Waals surface area contributed by atoms with Crippen molar-refractivity contribution in [2.75, 3.05) is 27.2 Å². The number of nitrogens with two attached hydrogens (primary N) is 1. The second-order valence-electron chi connectivity index (χ2n) is 5.58. The predicted molar refractivity (Wildman–Crippen MR) is 74.7 cm³/mol. The van der Waals surface area contributed by atoms with Gasteiger partial charge in [0.15, 0.2) is 0 Å². The zero-order chi connectivity index (χ0) is 13.0. The van der Waals surface area contributed by atoms with Crippen molar-refractivity contribution in [1.29, 1.82) is 0 Å². The molecule has 0 unspecified atom stereocenters. The molecule has 0 aliphatic heterocycles. The summed E-state index contributed by atoms with van der Waals surface area (Å²) in [7, 11) is 3.88. The Morgan fingerprint density at radius 2 is 2.17 bits per heavy atom. The Morgan fingerprint density at radius 1 is 1.39 bits per heavy atom. The molecule has 1 saturated carbocycles. The fourth-order valence-corrected chi connectivity index (χ4v) is 2.81. The van der Waals surface area contributed by atoms with Crippen LogP contribution in [0.5, 0.6) is 5.75 Å². The van der Waals surface area contributed by atoms with E-state index in [-0.39, 0.29) is 0 Å². The number of ether oxygens (including phenoxy) is 1. The Balaban J connectivity index is 1.92. The van der Waals surface area contributed by atoms with Crippen molar-refractivity contribution in [3.05, 3.63) is 29.8 Å². The van der Waals surface area contributed by atoms with Crippen LogP contribution in [0.4, 0.5) is 0 Å². The summed E-state index contributed by atoms with van der Waals surface area (Å²) < 4.78 is 5.25. The molecule has 1 aromatic rings. The van der Waals surface area contributed by atoms with Crippen LogP contribution in [0, 0.1) is 5.41 Å². The third kappa shape index (κ3) is 3.03. The maximum absolute atomic E-state index is 5.91. The Morgan fingerprint density at radius 3 is 2.72 bits per heavy atom. The van der Waals surface area contributed by atoms with Crippen LogP contribution in [0.15, 0.2) is 24.3 Å². The van der Waals surface area contributed by atoms with Gasteiger partial charge in [0.2, 0.25) is 0 Å². The highest BCUT2D eigenvalue weighted by molar-refractivity contribution is 5.28. The molecular formula is C15H24N2O. The molecule has 0 atom stereocenters. The molecule has 0 aromatic heterocycles. The van der Waals surface area contributed by atoms with E-state index in [0.29, 0.717) is 5.41 Å². The summed E-state index contributed by atoms with van der Waals surface area (Å²) in [4.78, 5) is 2.38. The van der Waals surface area contributed by atoms with E-state index in [1.807, 2.05) is 12.1 Å². The first-order chi connectivity index (χ1) is 8.67. The van der Waals surface area contributed by atoms with Gasteiger partial charge in [0, 0.05) is 13.1 Å². The maximum Gasteiger partial charge on any atom is 0.119 e. The summed E-state index contributed by atoms with van der Waals surface area (Å²) >= 11 is 0. The van der Waals surface area contributed by atoms with Crippen molar-refractivity contribution in [3.8, 4) is 5.75 Å². The van der Waals surface area contributed by atoms with Crippen LogP contribution in [0.3, 0.4) is 0 Å². The van der Waals surface area contributed by atoms with Gasteiger partial charge < -0.3 is 15.4 Å². The molecule has 2 N–H and O–H groups in total. The second-order valence-corrected chi connectivity index (χ2v) is 5.58. The van der Waals surface area contributed by atoms with Crippen molar-refractivity contribution in [1.82, 2.24) is 4.90 Å². The minimum atomic E-state index is 0.383. The van der Waals surface area contributed by atoms with Crippen LogP contribution >= 0.6 is 0 Å². The molecule has 2 rings (SSSR count). The number of hydrogen-bond acceptors (Lipinski definition) is 3. The van der Waals surface area contributed by atoms with Gasteiger partial charge in [0.05, 0.1) is 7.11 Å². The van der Waals surface area contributed by atoms with Crippen molar-refractivity contribution in [2.45, 2.75) is 25.8 Å². The number of benzene rings is 1. The van der Waals surface area contributed by atoms with Crippen LogP contribution in [0.2, 0.25) is 0 Å². The van der Waals surface area contributed by atoms with E-state index in [2.05, 4.69) is 24.1 Å². The lowest BCUT2D eigenvalue weighted by atomic mass is 9.68. The number of rotatable bonds is 6. The van der Waals surface area contributed by atoms with Gasteiger partial charge in [-0.25, -0.2) is 0 Å². The molecule has 1 aromatic carbocycles. The number of hydrogen-bond donors (Lipinski definition) is 1. The van der Waals surface area contributed by atoms with Crippen molar-refractivity contribution in [2.24, 2.45) is 11.1 Å². The second kappa shape index (κ2) is 5.72. The lowest BCUT2D eigenvalue weighted by molar-refractivity contribution is 0.0845. The Labute approximate surface area is 110 Å². The van der Waals surface area contributed by atoms with Crippen molar-refractivity contribution in [3.63, 3.8) is 0 Å². The van der Waals surface area contributed by atoms with Gasteiger partial charge in [0.25, 0.3) is 0 Å². The highest BCUT2D eigenvalue weighted by Gasteiger charge is 2.36. The quantitative estimate of drug-likeness (QED) is 0.839. The fraction of sp³-hybridized carbons (Fsp3) is 0.600. The highest BCUT2D eigenvalue weighted by Crippen LogP contribution is 2.40. The van der Waals surface area contributed by atoms with Crippen LogP contribution in [0.25, 0.3) is 0 Å². The van der Waals surface area contributed by atoms with Crippen molar-refractivity contribution >= 4 is 0 Å². The zero-order valence-corrected chi connectivity index (χ0v) is 11.5. The van der Waals surface area contributed by atoms with E-state index < -0.39 is 0 Å². The van der Waals surface area contributed by atoms with E-state index in [9.17, 15) is 0 Å². The molecule has 0 amide bonds. The first kappa shape index (κ1) is 13.4. The average Bonchev–Trinajstić information content (AvgIpc) is 2.34. The molecule has 0 heterocycles. The van der Waals surface area contributed by atoms with Gasteiger partial charge in [-0.1, -0.05) is 18.6 Å². The summed E-state index contributed by atoms with van der Waals surface area (Å²) in [5, 5.41) is 0. The molecule has 0 spiro atoms. The Kier molecular flexibility index (Phi) is 4.25. The fourth-order valence-electron chi connectivity index (χ4n) is 2.81. The van der Waals surface area contributed by atoms with E-state index in [4.69, 9.17) is 10.5 Å². The monoisotopic (exact) mass is 248 g/mol. The topological polar surface area (TPSA) is 38.5 Å². The van der Waals surface area contributed by atoms with E-state index in [0.717, 1.165) is 25.4 Å². The lowest BCUT2D eigenvalue weighted by Gasteiger charge is -2.43. The normalized spacial score (nSPS) is 17.6. The van der Waals surface area contributed by atoms with Gasteiger partial charge in [0.1, 0.15) is 5.75 Å². The molecule has 3 heteroatoms. The molecule has 18 heavy (non-hydrogen) atoms. The molecule has 100 valence electrons. The van der Waals surface area contributed by atoms with Crippen molar-refractivity contribution < 1.29 is 4.74 Å². The molecule has 1 fully saturated rings. The third-order valence-corrected chi connectivity index (χ3v) is 4.04. The number of nitrogens with zero attached hydrogens (tertiary/aromatic N) is 1. The maximum atomic E-state index is 5.91. The Hall–Kier alpha value is -1.06. The summed E-state index contributed by atoms with van der Waals surface area (Å²) in [6, 6.07) is 8.28. The van der Waals surface area contributed by atoms with Crippen LogP contribution in [-0.4, -0.2) is 32.1 Å². The predicted octanol–water partition coefficient (Wildman–Crippen LogP) is 2.26. The number of methoxy groups -OCH3 is 1. The first-order valence-corrected chi connectivity index (χ1v) is 6.69.